The van der Waals surface area contributed by atoms with Crippen LogP contribution in [0.2, 0.25) is 10.0 Å². The maximum Gasteiger partial charge on any atom is 0.330 e. The number of hydrogen-bond donors (Lipinski definition) is 3. The summed E-state index contributed by atoms with van der Waals surface area (Å²) < 4.78 is 14.2. The van der Waals surface area contributed by atoms with Gasteiger partial charge in [-0.3, -0.25) is 20.0 Å². The van der Waals surface area contributed by atoms with Gasteiger partial charge in [0.05, 0.1) is 10.6 Å². The summed E-state index contributed by atoms with van der Waals surface area (Å²) in [6.07, 6.45) is 4.50. The van der Waals surface area contributed by atoms with Crippen molar-refractivity contribution in [3.05, 3.63) is 57.5 Å². The standard InChI is InChI=1S/C25H32Cl2FN7O2/c1-2-19-15-34(23-21(27)11-17(13-30-23)24(36)31-32-25(29)37)9-10-35(19)20-5-7-33(8-6-20)14-16-3-4-18(26)12-22(16)28/h3-4,11-13,19-20H,2,5-10,14-15H2,1H3,(H,31,36)(H3,29,32,37)/t19-/m0/s1. The zero-order valence-corrected chi connectivity index (χ0v) is 22.2. The molecule has 0 radical (unpaired) electrons. The van der Waals surface area contributed by atoms with Crippen LogP contribution in [0, 0.1) is 5.82 Å². The minimum atomic E-state index is -0.867. The van der Waals surface area contributed by atoms with Gasteiger partial charge in [-0.2, -0.15) is 0 Å². The lowest BCUT2D eigenvalue weighted by Crippen LogP contribution is -2.58. The average molecular weight is 552 g/mol. The molecule has 2 aliphatic heterocycles. The van der Waals surface area contributed by atoms with Crippen molar-refractivity contribution in [3.63, 3.8) is 0 Å². The second-order valence-electron chi connectivity index (χ2n) is 9.46. The van der Waals surface area contributed by atoms with Gasteiger partial charge in [-0.05, 0) is 50.6 Å². The van der Waals surface area contributed by atoms with Crippen LogP contribution in [-0.2, 0) is 6.54 Å². The van der Waals surface area contributed by atoms with Gasteiger partial charge in [-0.15, -0.1) is 0 Å². The first kappa shape index (κ1) is 27.4. The molecule has 0 saturated carbocycles. The Morgan fingerprint density at radius 1 is 1.14 bits per heavy atom. The fraction of sp³-hybridized carbons (Fsp3) is 0.480. The van der Waals surface area contributed by atoms with E-state index in [9.17, 15) is 14.0 Å². The molecule has 200 valence electrons. The summed E-state index contributed by atoms with van der Waals surface area (Å²) in [6.45, 7) is 7.07. The minimum absolute atomic E-state index is 0.221. The summed E-state index contributed by atoms with van der Waals surface area (Å²) >= 11 is 12.4. The molecule has 12 heteroatoms. The normalized spacial score (nSPS) is 19.6. The highest BCUT2D eigenvalue weighted by molar-refractivity contribution is 6.33. The number of benzene rings is 1. The highest BCUT2D eigenvalue weighted by Crippen LogP contribution is 2.30. The van der Waals surface area contributed by atoms with E-state index >= 15 is 0 Å². The molecule has 1 aromatic heterocycles. The van der Waals surface area contributed by atoms with E-state index in [0.29, 0.717) is 40.1 Å². The second-order valence-corrected chi connectivity index (χ2v) is 10.3. The number of carbonyl (C=O) groups excluding carboxylic acids is 2. The van der Waals surface area contributed by atoms with E-state index in [-0.39, 0.29) is 11.4 Å². The number of amides is 3. The lowest BCUT2D eigenvalue weighted by atomic mass is 9.97. The highest BCUT2D eigenvalue weighted by Gasteiger charge is 2.34. The predicted octanol–water partition coefficient (Wildman–Crippen LogP) is 3.41. The molecule has 0 bridgehead atoms. The monoisotopic (exact) mass is 551 g/mol. The first-order valence-corrected chi connectivity index (χ1v) is 13.2. The summed E-state index contributed by atoms with van der Waals surface area (Å²) in [6, 6.07) is 6.38. The van der Waals surface area contributed by atoms with Crippen molar-refractivity contribution in [3.8, 4) is 0 Å². The van der Waals surface area contributed by atoms with Crippen molar-refractivity contribution >= 4 is 41.0 Å². The SMILES string of the molecule is CC[C@H]1CN(c2ncc(C(=O)NNC(N)=O)cc2Cl)CCN1C1CCN(Cc2ccc(Cl)cc2F)CC1. The third-order valence-corrected chi connectivity index (χ3v) is 7.63. The van der Waals surface area contributed by atoms with Gasteiger partial charge in [-0.25, -0.2) is 19.6 Å². The van der Waals surface area contributed by atoms with Crippen LogP contribution in [0.5, 0.6) is 0 Å². The number of carbonyl (C=O) groups is 2. The van der Waals surface area contributed by atoms with Gasteiger partial charge < -0.3 is 10.6 Å². The summed E-state index contributed by atoms with van der Waals surface area (Å²) in [4.78, 5) is 34.4. The summed E-state index contributed by atoms with van der Waals surface area (Å²) in [5, 5.41) is 0.790. The van der Waals surface area contributed by atoms with Crippen LogP contribution in [0.3, 0.4) is 0 Å². The van der Waals surface area contributed by atoms with Crippen molar-refractivity contribution in [2.24, 2.45) is 5.73 Å². The largest absolute Gasteiger partial charge is 0.353 e. The lowest BCUT2D eigenvalue weighted by Gasteiger charge is -2.47. The number of piperazine rings is 1. The van der Waals surface area contributed by atoms with E-state index < -0.39 is 11.9 Å². The zero-order valence-electron chi connectivity index (χ0n) is 20.7. The number of rotatable bonds is 6. The van der Waals surface area contributed by atoms with Crippen molar-refractivity contribution < 1.29 is 14.0 Å². The van der Waals surface area contributed by atoms with Crippen molar-refractivity contribution in [2.45, 2.75) is 44.8 Å². The van der Waals surface area contributed by atoms with E-state index in [1.807, 2.05) is 5.43 Å². The molecule has 0 unspecified atom stereocenters. The van der Waals surface area contributed by atoms with Gasteiger partial charge in [0.25, 0.3) is 5.91 Å². The number of pyridine rings is 1. The molecule has 3 amide bonds. The minimum Gasteiger partial charge on any atom is -0.353 e. The van der Waals surface area contributed by atoms with E-state index in [2.05, 4.69) is 32.0 Å². The number of nitrogens with zero attached hydrogens (tertiary/aromatic N) is 4. The molecule has 3 heterocycles. The third-order valence-electron chi connectivity index (χ3n) is 7.12. The van der Waals surface area contributed by atoms with Crippen molar-refractivity contribution in [1.82, 2.24) is 25.6 Å². The molecular formula is C25H32Cl2FN7O2. The molecule has 2 fully saturated rings. The molecule has 37 heavy (non-hydrogen) atoms. The van der Waals surface area contributed by atoms with Gasteiger partial charge in [0, 0.05) is 55.0 Å². The van der Waals surface area contributed by atoms with Gasteiger partial charge in [0.15, 0.2) is 0 Å². The number of piperidine rings is 1. The number of likely N-dealkylation sites (tertiary alicyclic amines) is 1. The Labute approximate surface area is 226 Å². The van der Waals surface area contributed by atoms with Crippen molar-refractivity contribution in [2.75, 3.05) is 37.6 Å². The predicted molar refractivity (Wildman–Crippen MR) is 142 cm³/mol. The molecule has 1 aromatic carbocycles. The summed E-state index contributed by atoms with van der Waals surface area (Å²) in [5.74, 6) is -0.166. The van der Waals surface area contributed by atoms with E-state index in [4.69, 9.17) is 28.9 Å². The molecule has 2 aliphatic rings. The fourth-order valence-electron chi connectivity index (χ4n) is 5.18. The Bertz CT molecular complexity index is 1130. The molecule has 0 aliphatic carbocycles. The number of hydrazine groups is 1. The third kappa shape index (κ3) is 6.81. The quantitative estimate of drug-likeness (QED) is 0.475. The van der Waals surface area contributed by atoms with Crippen molar-refractivity contribution in [1.29, 1.82) is 0 Å². The van der Waals surface area contributed by atoms with Crippen LogP contribution >= 0.6 is 23.2 Å². The average Bonchev–Trinajstić information content (AvgIpc) is 2.89. The Morgan fingerprint density at radius 2 is 1.89 bits per heavy atom. The van der Waals surface area contributed by atoms with Gasteiger partial charge in [0.1, 0.15) is 11.6 Å². The Morgan fingerprint density at radius 3 is 2.54 bits per heavy atom. The molecule has 0 spiro atoms. The highest BCUT2D eigenvalue weighted by atomic mass is 35.5. The molecule has 2 saturated heterocycles. The van der Waals surface area contributed by atoms with E-state index in [0.717, 1.165) is 52.0 Å². The molecule has 1 atom stereocenters. The zero-order chi connectivity index (χ0) is 26.5. The smallest absolute Gasteiger partial charge is 0.330 e. The van der Waals surface area contributed by atoms with Crippen LogP contribution < -0.4 is 21.5 Å². The topological polar surface area (TPSA) is 107 Å². The first-order chi connectivity index (χ1) is 17.7. The number of hydrogen-bond acceptors (Lipinski definition) is 6. The number of halogens is 3. The van der Waals surface area contributed by atoms with Crippen LogP contribution in [0.25, 0.3) is 0 Å². The number of nitrogens with two attached hydrogens (primary N) is 1. The number of anilines is 1. The maximum absolute atomic E-state index is 14.2. The van der Waals surface area contributed by atoms with Crippen LogP contribution in [-0.4, -0.2) is 71.5 Å². The van der Waals surface area contributed by atoms with Crippen LogP contribution in [0.4, 0.5) is 15.0 Å². The summed E-state index contributed by atoms with van der Waals surface area (Å²) in [5.41, 5.74) is 10.1. The molecule has 4 rings (SSSR count). The molecule has 9 nitrogen and oxygen atoms in total. The first-order valence-electron chi connectivity index (χ1n) is 12.4. The number of primary amides is 1. The Kier molecular flexibility index (Phi) is 9.07. The Balaban J connectivity index is 1.33. The van der Waals surface area contributed by atoms with Gasteiger partial charge in [0.2, 0.25) is 0 Å². The maximum atomic E-state index is 14.2. The molecule has 4 N–H and O–H groups in total. The molecular weight excluding hydrogens is 520 g/mol. The number of nitrogens with one attached hydrogen (secondary N) is 2. The van der Waals surface area contributed by atoms with Crippen LogP contribution in [0.1, 0.15) is 42.1 Å². The molecule has 2 aromatic rings. The Hall–Kier alpha value is -2.66. The van der Waals surface area contributed by atoms with E-state index in [1.165, 1.54) is 18.3 Å². The fourth-order valence-corrected chi connectivity index (χ4v) is 5.63. The number of urea groups is 1. The van der Waals surface area contributed by atoms with E-state index in [1.54, 1.807) is 12.1 Å². The van der Waals surface area contributed by atoms with Gasteiger partial charge in [-0.1, -0.05) is 36.2 Å². The lowest BCUT2D eigenvalue weighted by molar-refractivity contribution is 0.0607. The summed E-state index contributed by atoms with van der Waals surface area (Å²) in [7, 11) is 0. The second kappa shape index (κ2) is 12.3. The van der Waals surface area contributed by atoms with Gasteiger partial charge >= 0.3 is 6.03 Å². The van der Waals surface area contributed by atoms with Crippen LogP contribution in [0.15, 0.2) is 30.5 Å². The number of aromatic nitrogens is 1.